The molecule has 1 heterocycles. The van der Waals surface area contributed by atoms with Crippen LogP contribution < -0.4 is 0 Å². The first kappa shape index (κ1) is 29.7. The molecule has 4 rings (SSSR count). The molecule has 0 N–H and O–H groups in total. The van der Waals surface area contributed by atoms with Gasteiger partial charge >= 0.3 is 0 Å². The van der Waals surface area contributed by atoms with Gasteiger partial charge in [0.2, 0.25) is 0 Å². The van der Waals surface area contributed by atoms with Crippen molar-refractivity contribution in [3.63, 3.8) is 0 Å². The van der Waals surface area contributed by atoms with Crippen LogP contribution in [0.3, 0.4) is 0 Å². The Labute approximate surface area is 230 Å². The van der Waals surface area contributed by atoms with Gasteiger partial charge in [0, 0.05) is 11.8 Å². The molecular formula is C31H56O4Si2. The summed E-state index contributed by atoms with van der Waals surface area (Å²) in [5, 5.41) is 0.368. The third-order valence-corrected chi connectivity index (χ3v) is 21.0. The van der Waals surface area contributed by atoms with Gasteiger partial charge in [-0.15, -0.1) is 0 Å². The zero-order valence-electron chi connectivity index (χ0n) is 25.9. The van der Waals surface area contributed by atoms with E-state index in [1.807, 2.05) is 0 Å². The maximum Gasteiger partial charge on any atom is 0.193 e. The van der Waals surface area contributed by atoms with E-state index in [1.54, 1.807) is 0 Å². The lowest BCUT2D eigenvalue weighted by molar-refractivity contribution is -0.139. The van der Waals surface area contributed by atoms with Crippen LogP contribution in [-0.4, -0.2) is 47.8 Å². The van der Waals surface area contributed by atoms with E-state index in [4.69, 9.17) is 18.3 Å². The molecule has 2 saturated carbocycles. The van der Waals surface area contributed by atoms with Gasteiger partial charge in [0.05, 0.1) is 12.2 Å². The van der Waals surface area contributed by atoms with Crippen molar-refractivity contribution in [2.45, 2.75) is 142 Å². The van der Waals surface area contributed by atoms with Crippen molar-refractivity contribution in [3.05, 3.63) is 23.3 Å². The lowest BCUT2D eigenvalue weighted by Gasteiger charge is -2.50. The fraction of sp³-hybridized carbons (Fsp3) is 0.871. The quantitative estimate of drug-likeness (QED) is 0.225. The van der Waals surface area contributed by atoms with Crippen molar-refractivity contribution < 1.29 is 18.3 Å². The molecule has 3 aliphatic carbocycles. The van der Waals surface area contributed by atoms with Gasteiger partial charge < -0.3 is 18.3 Å². The largest absolute Gasteiger partial charge is 0.411 e. The SMILES string of the molecule is CC(C)C(C)(C)[Si](C)(C)O[C@H]1CC[C@H]2C=C[C@H]3CC[C@H](O[Si](C)(C)C(C)(C)C(C)C)[C@@H]4OCO[C@@H]1C2=C43. The monoisotopic (exact) mass is 548 g/mol. The van der Waals surface area contributed by atoms with Crippen LogP contribution in [0.5, 0.6) is 0 Å². The van der Waals surface area contributed by atoms with Gasteiger partial charge in [-0.25, -0.2) is 0 Å². The molecule has 212 valence electrons. The Morgan fingerprint density at radius 3 is 1.35 bits per heavy atom. The van der Waals surface area contributed by atoms with Gasteiger partial charge in [-0.2, -0.15) is 0 Å². The maximum absolute atomic E-state index is 7.17. The summed E-state index contributed by atoms with van der Waals surface area (Å²) in [6, 6.07) is 0. The summed E-state index contributed by atoms with van der Waals surface area (Å²) in [4.78, 5) is 0. The molecule has 2 fully saturated rings. The van der Waals surface area contributed by atoms with Crippen molar-refractivity contribution in [1.82, 2.24) is 0 Å². The van der Waals surface area contributed by atoms with Crippen LogP contribution in [0.2, 0.25) is 36.3 Å². The van der Waals surface area contributed by atoms with E-state index in [-0.39, 0.29) is 34.5 Å². The second kappa shape index (κ2) is 10.3. The van der Waals surface area contributed by atoms with Crippen LogP contribution in [-0.2, 0) is 18.3 Å². The average Bonchev–Trinajstić information content (AvgIpc) is 3.00. The molecule has 0 spiro atoms. The summed E-state index contributed by atoms with van der Waals surface area (Å²) < 4.78 is 27.6. The standard InChI is InChI=1S/C31H56O4Si2/c1-20(2)30(5,6)36(9,10)34-24-17-15-22-13-14-23-16-18-25(35-37(11,12)31(7,8)21(3)4)29-27(23)26(22)28(24)32-19-33-29/h13-14,20-25,28-29H,15-19H2,1-12H3/t22-,23+,24-,25-,28-,29-/m0/s1. The number of hydrogen-bond acceptors (Lipinski definition) is 4. The van der Waals surface area contributed by atoms with E-state index in [2.05, 4.69) is 93.7 Å². The fourth-order valence-electron chi connectivity index (χ4n) is 6.82. The van der Waals surface area contributed by atoms with Gasteiger partial charge in [0.1, 0.15) is 19.0 Å². The lowest BCUT2D eigenvalue weighted by Crippen LogP contribution is -2.53. The highest BCUT2D eigenvalue weighted by Crippen LogP contribution is 2.52. The summed E-state index contributed by atoms with van der Waals surface area (Å²) in [5.41, 5.74) is 2.96. The van der Waals surface area contributed by atoms with Gasteiger partial charge in [0.25, 0.3) is 0 Å². The number of ether oxygens (including phenoxy) is 2. The van der Waals surface area contributed by atoms with Gasteiger partial charge in [-0.05, 0) is 84.9 Å². The number of rotatable bonds is 8. The molecule has 0 aromatic rings. The van der Waals surface area contributed by atoms with Crippen LogP contribution in [0, 0.1) is 23.7 Å². The van der Waals surface area contributed by atoms with Crippen molar-refractivity contribution in [2.24, 2.45) is 23.7 Å². The normalized spacial score (nSPS) is 33.1. The predicted molar refractivity (Wildman–Crippen MR) is 159 cm³/mol. The summed E-state index contributed by atoms with van der Waals surface area (Å²) in [5.74, 6) is 2.05. The minimum atomic E-state index is -2.00. The molecule has 0 amide bonds. The Bertz CT molecular complexity index is 831. The van der Waals surface area contributed by atoms with Gasteiger partial charge in [0.15, 0.2) is 16.6 Å². The third kappa shape index (κ3) is 5.17. The van der Waals surface area contributed by atoms with E-state index in [0.29, 0.717) is 30.5 Å². The van der Waals surface area contributed by atoms with Gasteiger partial charge in [-0.3, -0.25) is 0 Å². The molecule has 1 aliphatic heterocycles. The van der Waals surface area contributed by atoms with E-state index in [0.717, 1.165) is 25.7 Å². The average molecular weight is 549 g/mol. The molecule has 6 atom stereocenters. The zero-order valence-corrected chi connectivity index (χ0v) is 27.9. The first-order chi connectivity index (χ1) is 17.0. The Hall–Kier alpha value is -0.246. The van der Waals surface area contributed by atoms with E-state index < -0.39 is 16.6 Å². The molecule has 37 heavy (non-hydrogen) atoms. The number of hydrogen-bond donors (Lipinski definition) is 0. The topological polar surface area (TPSA) is 36.9 Å². The molecule has 4 aliphatic rings. The second-order valence-corrected chi connectivity index (χ2v) is 24.1. The Balaban J connectivity index is 1.66. The Morgan fingerprint density at radius 1 is 0.676 bits per heavy atom. The van der Waals surface area contributed by atoms with Crippen LogP contribution in [0.4, 0.5) is 0 Å². The third-order valence-electron chi connectivity index (χ3n) is 11.9. The first-order valence-corrected chi connectivity index (χ1v) is 20.8. The van der Waals surface area contributed by atoms with E-state index in [1.165, 1.54) is 11.1 Å². The lowest BCUT2D eigenvalue weighted by atomic mass is 9.67. The Morgan fingerprint density at radius 2 is 1.03 bits per heavy atom. The van der Waals surface area contributed by atoms with Crippen LogP contribution in [0.1, 0.15) is 81.1 Å². The summed E-state index contributed by atoms with van der Waals surface area (Å²) in [6.45, 7) is 28.9. The molecule has 0 saturated heterocycles. The molecule has 6 heteroatoms. The highest BCUT2D eigenvalue weighted by atomic mass is 28.4. The predicted octanol–water partition coefficient (Wildman–Crippen LogP) is 8.47. The highest BCUT2D eigenvalue weighted by molar-refractivity contribution is 6.74. The highest BCUT2D eigenvalue weighted by Gasteiger charge is 2.53. The molecule has 0 aromatic heterocycles. The summed E-state index contributed by atoms with van der Waals surface area (Å²) in [7, 11) is -3.99. The molecule has 0 radical (unpaired) electrons. The summed E-state index contributed by atoms with van der Waals surface area (Å²) >= 11 is 0. The Kier molecular flexibility index (Phi) is 8.28. The van der Waals surface area contributed by atoms with Crippen molar-refractivity contribution in [2.75, 3.05) is 6.79 Å². The molecule has 0 bridgehead atoms. The molecule has 0 aromatic carbocycles. The van der Waals surface area contributed by atoms with Crippen molar-refractivity contribution >= 4 is 16.6 Å². The van der Waals surface area contributed by atoms with Crippen molar-refractivity contribution in [3.8, 4) is 0 Å². The molecule has 0 unspecified atom stereocenters. The number of allylic oxidation sites excluding steroid dienone is 2. The van der Waals surface area contributed by atoms with Crippen molar-refractivity contribution in [1.29, 1.82) is 0 Å². The smallest absolute Gasteiger partial charge is 0.193 e. The maximum atomic E-state index is 7.17. The van der Waals surface area contributed by atoms with E-state index >= 15 is 0 Å². The molecular weight excluding hydrogens is 493 g/mol. The van der Waals surface area contributed by atoms with Crippen LogP contribution in [0.15, 0.2) is 23.3 Å². The minimum Gasteiger partial charge on any atom is -0.411 e. The molecule has 4 nitrogen and oxygen atoms in total. The zero-order chi connectivity index (χ0) is 27.6. The summed E-state index contributed by atoms with van der Waals surface area (Å²) in [6.07, 6.45) is 9.55. The minimum absolute atomic E-state index is 0.00273. The van der Waals surface area contributed by atoms with E-state index in [9.17, 15) is 0 Å². The van der Waals surface area contributed by atoms with Crippen LogP contribution >= 0.6 is 0 Å². The van der Waals surface area contributed by atoms with Crippen LogP contribution in [0.25, 0.3) is 0 Å². The fourth-order valence-corrected chi connectivity index (χ4v) is 12.2. The van der Waals surface area contributed by atoms with Gasteiger partial charge in [-0.1, -0.05) is 67.5 Å². The first-order valence-electron chi connectivity index (χ1n) is 15.0. The second-order valence-electron chi connectivity index (χ2n) is 15.0.